The molecule has 2 aliphatic rings. The van der Waals surface area contributed by atoms with Crippen LogP contribution < -0.4 is 11.1 Å². The van der Waals surface area contributed by atoms with Crippen molar-refractivity contribution in [3.63, 3.8) is 0 Å². The third kappa shape index (κ3) is 2.29. The lowest BCUT2D eigenvalue weighted by Gasteiger charge is -2.41. The zero-order valence-corrected chi connectivity index (χ0v) is 10.4. The Morgan fingerprint density at radius 3 is 2.65 bits per heavy atom. The van der Waals surface area contributed by atoms with E-state index in [0.29, 0.717) is 13.1 Å². The lowest BCUT2D eigenvalue weighted by molar-refractivity contribution is -0.145. The van der Waals surface area contributed by atoms with Gasteiger partial charge in [0.2, 0.25) is 11.8 Å². The van der Waals surface area contributed by atoms with E-state index in [2.05, 4.69) is 5.32 Å². The highest BCUT2D eigenvalue weighted by atomic mass is 16.2. The molecule has 2 amide bonds. The van der Waals surface area contributed by atoms with Crippen molar-refractivity contribution < 1.29 is 9.59 Å². The van der Waals surface area contributed by atoms with Gasteiger partial charge >= 0.3 is 0 Å². The minimum atomic E-state index is -0.287. The van der Waals surface area contributed by atoms with Crippen LogP contribution in [-0.4, -0.2) is 42.4 Å². The Kier molecular flexibility index (Phi) is 3.38. The molecule has 0 aromatic heterocycles. The molecule has 1 saturated heterocycles. The fraction of sp³-hybridized carbons (Fsp3) is 0.833. The second-order valence-electron chi connectivity index (χ2n) is 5.28. The fourth-order valence-electron chi connectivity index (χ4n) is 2.79. The Labute approximate surface area is 102 Å². The maximum atomic E-state index is 12.3. The van der Waals surface area contributed by atoms with Crippen LogP contribution in [0.25, 0.3) is 0 Å². The number of nitrogens with two attached hydrogens (primary N) is 1. The average Bonchev–Trinajstić information content (AvgIpc) is 2.64. The molecular formula is C12H21N3O2. The molecule has 5 heteroatoms. The van der Waals surface area contributed by atoms with E-state index < -0.39 is 0 Å². The smallest absolute Gasteiger partial charge is 0.230 e. The van der Waals surface area contributed by atoms with Crippen molar-refractivity contribution >= 4 is 11.8 Å². The maximum absolute atomic E-state index is 12.3. The average molecular weight is 239 g/mol. The number of nitrogens with one attached hydrogen (secondary N) is 1. The van der Waals surface area contributed by atoms with Gasteiger partial charge in [-0.1, -0.05) is 6.42 Å². The minimum absolute atomic E-state index is 0.0264. The normalized spacial score (nSPS) is 26.5. The predicted octanol–water partition coefficient (Wildman–Crippen LogP) is -0.148. The summed E-state index contributed by atoms with van der Waals surface area (Å²) in [6.07, 6.45) is 3.80. The summed E-state index contributed by atoms with van der Waals surface area (Å²) < 4.78 is 0. The van der Waals surface area contributed by atoms with Crippen LogP contribution in [0.4, 0.5) is 0 Å². The standard InChI is InChI=1S/C12H21N3O2/c1-9(16)14-10-3-6-15(7-10)11(17)12(8-13)4-2-5-12/h10H,2-8,13H2,1H3,(H,14,16). The van der Waals surface area contributed by atoms with Gasteiger partial charge in [-0.15, -0.1) is 0 Å². The summed E-state index contributed by atoms with van der Waals surface area (Å²) in [4.78, 5) is 25.2. The topological polar surface area (TPSA) is 75.4 Å². The second-order valence-corrected chi connectivity index (χ2v) is 5.28. The molecule has 0 bridgehead atoms. The van der Waals surface area contributed by atoms with Crippen molar-refractivity contribution in [3.8, 4) is 0 Å². The molecule has 0 aromatic rings. The largest absolute Gasteiger partial charge is 0.352 e. The summed E-state index contributed by atoms with van der Waals surface area (Å²) in [6, 6.07) is 0.117. The van der Waals surface area contributed by atoms with Gasteiger partial charge in [0, 0.05) is 32.6 Å². The van der Waals surface area contributed by atoms with E-state index >= 15 is 0 Å². The molecule has 1 aliphatic heterocycles. The number of hydrogen-bond donors (Lipinski definition) is 2. The van der Waals surface area contributed by atoms with Crippen molar-refractivity contribution in [1.29, 1.82) is 0 Å². The molecule has 0 spiro atoms. The minimum Gasteiger partial charge on any atom is -0.352 e. The summed E-state index contributed by atoms with van der Waals surface area (Å²) in [7, 11) is 0. The highest BCUT2D eigenvalue weighted by Crippen LogP contribution is 2.42. The number of hydrogen-bond acceptors (Lipinski definition) is 3. The van der Waals surface area contributed by atoms with Crippen molar-refractivity contribution in [3.05, 3.63) is 0 Å². The van der Waals surface area contributed by atoms with E-state index in [1.165, 1.54) is 6.92 Å². The van der Waals surface area contributed by atoms with Gasteiger partial charge in [-0.3, -0.25) is 9.59 Å². The van der Waals surface area contributed by atoms with Gasteiger partial charge in [-0.25, -0.2) is 0 Å². The molecule has 0 radical (unpaired) electrons. The Morgan fingerprint density at radius 2 is 2.18 bits per heavy atom. The van der Waals surface area contributed by atoms with Crippen molar-refractivity contribution in [2.75, 3.05) is 19.6 Å². The van der Waals surface area contributed by atoms with Crippen LogP contribution in [0.1, 0.15) is 32.6 Å². The summed E-state index contributed by atoms with van der Waals surface area (Å²) in [5, 5.41) is 2.87. The van der Waals surface area contributed by atoms with Crippen LogP contribution in [0.5, 0.6) is 0 Å². The Bertz CT molecular complexity index is 320. The van der Waals surface area contributed by atoms with E-state index in [1.54, 1.807) is 0 Å². The molecule has 1 heterocycles. The number of likely N-dealkylation sites (tertiary alicyclic amines) is 1. The van der Waals surface area contributed by atoms with Crippen LogP contribution in [0.3, 0.4) is 0 Å². The van der Waals surface area contributed by atoms with E-state index in [0.717, 1.165) is 32.2 Å². The maximum Gasteiger partial charge on any atom is 0.230 e. The Balaban J connectivity index is 1.92. The van der Waals surface area contributed by atoms with E-state index in [4.69, 9.17) is 5.73 Å². The number of amides is 2. The zero-order valence-electron chi connectivity index (χ0n) is 10.4. The second kappa shape index (κ2) is 4.64. The molecule has 1 unspecified atom stereocenters. The molecule has 96 valence electrons. The lowest BCUT2D eigenvalue weighted by Crippen LogP contribution is -2.52. The van der Waals surface area contributed by atoms with Crippen LogP contribution >= 0.6 is 0 Å². The summed E-state index contributed by atoms with van der Waals surface area (Å²) in [6.45, 7) is 3.34. The monoisotopic (exact) mass is 239 g/mol. The highest BCUT2D eigenvalue weighted by Gasteiger charge is 2.46. The van der Waals surface area contributed by atoms with Crippen molar-refractivity contribution in [1.82, 2.24) is 10.2 Å². The molecule has 3 N–H and O–H groups in total. The molecule has 2 fully saturated rings. The number of carbonyl (C=O) groups is 2. The summed E-state index contributed by atoms with van der Waals surface area (Å²) in [5.41, 5.74) is 5.45. The molecular weight excluding hydrogens is 218 g/mol. The SMILES string of the molecule is CC(=O)NC1CCN(C(=O)C2(CN)CCC2)C1. The molecule has 17 heavy (non-hydrogen) atoms. The third-order valence-electron chi connectivity index (χ3n) is 4.04. The van der Waals surface area contributed by atoms with Crippen molar-refractivity contribution in [2.24, 2.45) is 11.1 Å². The first-order chi connectivity index (χ1) is 8.07. The summed E-state index contributed by atoms with van der Waals surface area (Å²) >= 11 is 0. The van der Waals surface area contributed by atoms with Gasteiger partial charge in [-0.05, 0) is 19.3 Å². The number of nitrogens with zero attached hydrogens (tertiary/aromatic N) is 1. The van der Waals surface area contributed by atoms with Crippen LogP contribution in [0.15, 0.2) is 0 Å². The van der Waals surface area contributed by atoms with Gasteiger partial charge in [0.15, 0.2) is 0 Å². The van der Waals surface area contributed by atoms with Gasteiger partial charge in [-0.2, -0.15) is 0 Å². The first-order valence-electron chi connectivity index (χ1n) is 6.34. The summed E-state index contributed by atoms with van der Waals surface area (Å²) in [5.74, 6) is 0.167. The predicted molar refractivity (Wildman–Crippen MR) is 64.1 cm³/mol. The first-order valence-corrected chi connectivity index (χ1v) is 6.34. The highest BCUT2D eigenvalue weighted by molar-refractivity contribution is 5.84. The van der Waals surface area contributed by atoms with Crippen molar-refractivity contribution in [2.45, 2.75) is 38.6 Å². The molecule has 0 aromatic carbocycles. The molecule has 1 atom stereocenters. The van der Waals surface area contributed by atoms with Gasteiger partial charge in [0.25, 0.3) is 0 Å². The van der Waals surface area contributed by atoms with E-state index in [-0.39, 0.29) is 23.3 Å². The molecule has 1 aliphatic carbocycles. The van der Waals surface area contributed by atoms with Crippen LogP contribution in [0, 0.1) is 5.41 Å². The third-order valence-corrected chi connectivity index (χ3v) is 4.04. The lowest BCUT2D eigenvalue weighted by atomic mass is 9.68. The zero-order chi connectivity index (χ0) is 12.5. The van der Waals surface area contributed by atoms with Crippen LogP contribution in [-0.2, 0) is 9.59 Å². The molecule has 5 nitrogen and oxygen atoms in total. The molecule has 2 rings (SSSR count). The number of carbonyl (C=O) groups excluding carboxylic acids is 2. The van der Waals surface area contributed by atoms with E-state index in [1.807, 2.05) is 4.90 Å². The fourth-order valence-corrected chi connectivity index (χ4v) is 2.79. The molecule has 1 saturated carbocycles. The Hall–Kier alpha value is -1.10. The number of rotatable bonds is 3. The van der Waals surface area contributed by atoms with Gasteiger partial charge in [0.1, 0.15) is 0 Å². The quantitative estimate of drug-likeness (QED) is 0.719. The Morgan fingerprint density at radius 1 is 1.47 bits per heavy atom. The van der Waals surface area contributed by atoms with E-state index in [9.17, 15) is 9.59 Å². The van der Waals surface area contributed by atoms with Gasteiger partial charge in [0.05, 0.1) is 5.41 Å². The van der Waals surface area contributed by atoms with Gasteiger partial charge < -0.3 is 16.0 Å². The first kappa shape index (κ1) is 12.4. The van der Waals surface area contributed by atoms with Crippen LogP contribution in [0.2, 0.25) is 0 Å².